The molecule has 1 heterocycles. The minimum absolute atomic E-state index is 0.147. The molecule has 3 aromatic rings. The molecule has 2 aromatic carbocycles. The van der Waals surface area contributed by atoms with Crippen LogP contribution >= 0.6 is 15.9 Å². The Bertz CT molecular complexity index is 1050. The van der Waals surface area contributed by atoms with Crippen molar-refractivity contribution in [3.05, 3.63) is 73.9 Å². The third-order valence-corrected chi connectivity index (χ3v) is 4.64. The zero-order chi connectivity index (χ0) is 19.2. The van der Waals surface area contributed by atoms with Gasteiger partial charge in [-0.1, -0.05) is 36.7 Å². The lowest BCUT2D eigenvalue weighted by Crippen LogP contribution is -2.25. The zero-order valence-corrected chi connectivity index (χ0v) is 16.0. The van der Waals surface area contributed by atoms with Gasteiger partial charge in [0.15, 0.2) is 0 Å². The monoisotopic (exact) mass is 424 g/mol. The number of halogens is 4. The number of rotatable bonds is 2. The van der Waals surface area contributed by atoms with Gasteiger partial charge in [0.05, 0.1) is 18.1 Å². The van der Waals surface area contributed by atoms with Crippen molar-refractivity contribution < 1.29 is 13.2 Å². The molecular formula is C19H16BrF3N2O. The second-order valence-corrected chi connectivity index (χ2v) is 8.04. The molecule has 0 aliphatic carbocycles. The third-order valence-electron chi connectivity index (χ3n) is 4.18. The number of hydrogen-bond acceptors (Lipinski definition) is 2. The minimum Gasteiger partial charge on any atom is -0.267 e. The average molecular weight is 425 g/mol. The van der Waals surface area contributed by atoms with Crippen LogP contribution in [0, 0.1) is 17.5 Å². The van der Waals surface area contributed by atoms with Crippen molar-refractivity contribution in [1.29, 1.82) is 0 Å². The van der Waals surface area contributed by atoms with Gasteiger partial charge in [-0.05, 0) is 35.2 Å². The molecular weight excluding hydrogens is 409 g/mol. The third kappa shape index (κ3) is 3.40. The van der Waals surface area contributed by atoms with Gasteiger partial charge in [-0.2, -0.15) is 5.10 Å². The SMILES string of the molecule is CC(C)(C)c1cc(F)c2c(=O)n(Cc3c(F)cc(Br)cc3F)ncc2c1. The van der Waals surface area contributed by atoms with E-state index in [0.29, 0.717) is 5.39 Å². The maximum atomic E-state index is 14.6. The van der Waals surface area contributed by atoms with E-state index in [0.717, 1.165) is 22.4 Å². The summed E-state index contributed by atoms with van der Waals surface area (Å²) in [5.41, 5.74) is -0.615. The molecule has 0 spiro atoms. The van der Waals surface area contributed by atoms with E-state index < -0.39 is 29.6 Å². The predicted molar refractivity (Wildman–Crippen MR) is 97.8 cm³/mol. The molecule has 0 bridgehead atoms. The molecule has 3 rings (SSSR count). The number of aromatic nitrogens is 2. The van der Waals surface area contributed by atoms with Crippen molar-refractivity contribution >= 4 is 26.7 Å². The van der Waals surface area contributed by atoms with Crippen LogP contribution in [0.5, 0.6) is 0 Å². The van der Waals surface area contributed by atoms with Crippen LogP contribution < -0.4 is 5.56 Å². The highest BCUT2D eigenvalue weighted by Gasteiger charge is 2.19. The van der Waals surface area contributed by atoms with Crippen LogP contribution in [0.15, 0.2) is 39.7 Å². The van der Waals surface area contributed by atoms with Gasteiger partial charge in [0.2, 0.25) is 0 Å². The van der Waals surface area contributed by atoms with Gasteiger partial charge in [0, 0.05) is 15.4 Å². The zero-order valence-electron chi connectivity index (χ0n) is 14.4. The van der Waals surface area contributed by atoms with Gasteiger partial charge in [0.25, 0.3) is 5.56 Å². The Kier molecular flexibility index (Phi) is 4.69. The van der Waals surface area contributed by atoms with Crippen LogP contribution in [-0.2, 0) is 12.0 Å². The first-order valence-corrected chi connectivity index (χ1v) is 8.70. The summed E-state index contributed by atoms with van der Waals surface area (Å²) in [4.78, 5) is 12.6. The lowest BCUT2D eigenvalue weighted by atomic mass is 9.86. The van der Waals surface area contributed by atoms with Crippen molar-refractivity contribution in [1.82, 2.24) is 9.78 Å². The van der Waals surface area contributed by atoms with E-state index >= 15 is 0 Å². The van der Waals surface area contributed by atoms with Crippen LogP contribution in [-0.4, -0.2) is 9.78 Å². The summed E-state index contributed by atoms with van der Waals surface area (Å²) in [5.74, 6) is -2.30. The molecule has 7 heteroatoms. The van der Waals surface area contributed by atoms with Crippen molar-refractivity contribution in [3.8, 4) is 0 Å². The van der Waals surface area contributed by atoms with Gasteiger partial charge in [-0.25, -0.2) is 17.9 Å². The van der Waals surface area contributed by atoms with E-state index in [-0.39, 0.29) is 20.8 Å². The van der Waals surface area contributed by atoms with E-state index in [1.807, 2.05) is 20.8 Å². The number of hydrogen-bond donors (Lipinski definition) is 0. The first-order chi connectivity index (χ1) is 12.1. The van der Waals surface area contributed by atoms with E-state index in [1.165, 1.54) is 12.3 Å². The molecule has 1 aromatic heterocycles. The second-order valence-electron chi connectivity index (χ2n) is 7.13. The van der Waals surface area contributed by atoms with E-state index in [2.05, 4.69) is 21.0 Å². The molecule has 0 saturated heterocycles. The van der Waals surface area contributed by atoms with Crippen LogP contribution in [0.4, 0.5) is 13.2 Å². The first-order valence-electron chi connectivity index (χ1n) is 7.91. The maximum absolute atomic E-state index is 14.6. The molecule has 26 heavy (non-hydrogen) atoms. The fourth-order valence-electron chi connectivity index (χ4n) is 2.69. The predicted octanol–water partition coefficient (Wildman–Crippen LogP) is 4.92. The molecule has 0 radical (unpaired) electrons. The maximum Gasteiger partial charge on any atom is 0.277 e. The lowest BCUT2D eigenvalue weighted by molar-refractivity contribution is 0.523. The van der Waals surface area contributed by atoms with Crippen LogP contribution in [0.25, 0.3) is 10.8 Å². The summed E-state index contributed by atoms with van der Waals surface area (Å²) in [7, 11) is 0. The van der Waals surface area contributed by atoms with E-state index in [9.17, 15) is 18.0 Å². The molecule has 0 atom stereocenters. The molecule has 0 aliphatic heterocycles. The molecule has 3 nitrogen and oxygen atoms in total. The Morgan fingerprint density at radius 2 is 1.65 bits per heavy atom. The normalized spacial score (nSPS) is 12.0. The standard InChI is InChI=1S/C19H16BrF3N2O/c1-19(2,3)11-4-10-8-24-25(18(26)17(10)16(23)5-11)9-13-14(21)6-12(20)7-15(13)22/h4-8H,9H2,1-3H3. The van der Waals surface area contributed by atoms with Crippen LogP contribution in [0.3, 0.4) is 0 Å². The Hall–Kier alpha value is -2.15. The summed E-state index contributed by atoms with van der Waals surface area (Å²) in [5, 5.41) is 4.17. The largest absolute Gasteiger partial charge is 0.277 e. The Labute approximate surface area is 156 Å². The van der Waals surface area contributed by atoms with Gasteiger partial charge in [-0.15, -0.1) is 0 Å². The number of nitrogens with zero attached hydrogens (tertiary/aromatic N) is 2. The molecule has 0 aliphatic rings. The smallest absolute Gasteiger partial charge is 0.267 e. The van der Waals surface area contributed by atoms with Crippen LogP contribution in [0.1, 0.15) is 31.9 Å². The molecule has 0 unspecified atom stereocenters. The second kappa shape index (κ2) is 6.54. The topological polar surface area (TPSA) is 34.9 Å². The molecule has 0 fully saturated rings. The highest BCUT2D eigenvalue weighted by atomic mass is 79.9. The Morgan fingerprint density at radius 1 is 1.04 bits per heavy atom. The van der Waals surface area contributed by atoms with E-state index in [4.69, 9.17) is 0 Å². The average Bonchev–Trinajstić information content (AvgIpc) is 2.51. The summed E-state index contributed by atoms with van der Waals surface area (Å²) in [6.07, 6.45) is 1.34. The highest BCUT2D eigenvalue weighted by molar-refractivity contribution is 9.10. The van der Waals surface area contributed by atoms with Gasteiger partial charge < -0.3 is 0 Å². The number of fused-ring (bicyclic) bond motifs is 1. The number of benzene rings is 2. The minimum atomic E-state index is -0.811. The molecule has 136 valence electrons. The van der Waals surface area contributed by atoms with Crippen molar-refractivity contribution in [2.45, 2.75) is 32.7 Å². The summed E-state index contributed by atoms with van der Waals surface area (Å²) in [6.45, 7) is 5.37. The van der Waals surface area contributed by atoms with Crippen LogP contribution in [0.2, 0.25) is 0 Å². The first kappa shape index (κ1) is 18.6. The quantitative estimate of drug-likeness (QED) is 0.584. The fourth-order valence-corrected chi connectivity index (χ4v) is 3.09. The summed E-state index contributed by atoms with van der Waals surface area (Å²) >= 11 is 3.00. The van der Waals surface area contributed by atoms with Crippen molar-refractivity contribution in [2.75, 3.05) is 0 Å². The molecule has 0 N–H and O–H groups in total. The molecule has 0 saturated carbocycles. The fraction of sp³-hybridized carbons (Fsp3) is 0.263. The highest BCUT2D eigenvalue weighted by Crippen LogP contribution is 2.27. The molecule has 0 amide bonds. The lowest BCUT2D eigenvalue weighted by Gasteiger charge is -2.20. The van der Waals surface area contributed by atoms with E-state index in [1.54, 1.807) is 6.07 Å². The van der Waals surface area contributed by atoms with Gasteiger partial charge in [-0.3, -0.25) is 4.79 Å². The summed E-state index contributed by atoms with van der Waals surface area (Å²) < 4.78 is 43.7. The van der Waals surface area contributed by atoms with Gasteiger partial charge in [0.1, 0.15) is 17.5 Å². The Morgan fingerprint density at radius 3 is 2.23 bits per heavy atom. The van der Waals surface area contributed by atoms with Crippen molar-refractivity contribution in [2.24, 2.45) is 0 Å². The van der Waals surface area contributed by atoms with Crippen molar-refractivity contribution in [3.63, 3.8) is 0 Å². The Balaban J connectivity index is 2.14. The van der Waals surface area contributed by atoms with Gasteiger partial charge >= 0.3 is 0 Å². The summed E-state index contributed by atoms with van der Waals surface area (Å²) in [6, 6.07) is 5.22.